The average molecular weight is 398 g/mol. The maximum atomic E-state index is 12.3. The number of amides is 1. The average Bonchev–Trinajstić information content (AvgIpc) is 2.50. The van der Waals surface area contributed by atoms with E-state index in [-0.39, 0.29) is 16.1 Å². The number of benzene rings is 2. The molecular weight excluding hydrogens is 382 g/mol. The van der Waals surface area contributed by atoms with E-state index in [9.17, 15) is 13.2 Å². The van der Waals surface area contributed by atoms with Crippen molar-refractivity contribution in [2.75, 3.05) is 12.3 Å². The molecule has 6 nitrogen and oxygen atoms in total. The Morgan fingerprint density at radius 1 is 1.13 bits per heavy atom. The van der Waals surface area contributed by atoms with Crippen molar-refractivity contribution in [1.29, 1.82) is 0 Å². The first-order chi connectivity index (χ1) is 10.8. The molecule has 0 aliphatic carbocycles. The summed E-state index contributed by atoms with van der Waals surface area (Å²) in [6.07, 6.45) is 0.654. The summed E-state index contributed by atoms with van der Waals surface area (Å²) in [5.41, 5.74) is 12.4. The Hall–Kier alpha value is -1.90. The zero-order valence-electron chi connectivity index (χ0n) is 12.1. The summed E-state index contributed by atoms with van der Waals surface area (Å²) in [6, 6.07) is 10.9. The number of anilines is 1. The van der Waals surface area contributed by atoms with E-state index in [1.54, 1.807) is 18.2 Å². The summed E-state index contributed by atoms with van der Waals surface area (Å²) in [6.45, 7) is 0.477. The van der Waals surface area contributed by atoms with Crippen LogP contribution in [0.2, 0.25) is 0 Å². The van der Waals surface area contributed by atoms with Crippen LogP contribution in [0.25, 0.3) is 0 Å². The van der Waals surface area contributed by atoms with E-state index < -0.39 is 15.9 Å². The summed E-state index contributed by atoms with van der Waals surface area (Å²) in [5, 5.41) is 0. The van der Waals surface area contributed by atoms with E-state index in [2.05, 4.69) is 15.9 Å². The molecule has 2 aromatic rings. The van der Waals surface area contributed by atoms with Crippen LogP contribution in [0.5, 0.6) is 0 Å². The molecule has 0 fully saturated rings. The van der Waals surface area contributed by atoms with Crippen molar-refractivity contribution < 1.29 is 13.2 Å². The van der Waals surface area contributed by atoms with Gasteiger partial charge in [-0.3, -0.25) is 4.79 Å². The van der Waals surface area contributed by atoms with Crippen LogP contribution in [-0.4, -0.2) is 20.9 Å². The predicted molar refractivity (Wildman–Crippen MR) is 92.4 cm³/mol. The number of nitrogens with one attached hydrogen (secondary N) is 1. The molecule has 0 saturated heterocycles. The van der Waals surface area contributed by atoms with Gasteiger partial charge in [0.1, 0.15) is 0 Å². The summed E-state index contributed by atoms with van der Waals surface area (Å²) in [5.74, 6) is -0.783. The molecule has 0 aromatic heterocycles. The van der Waals surface area contributed by atoms with Gasteiger partial charge in [-0.25, -0.2) is 13.1 Å². The molecule has 8 heteroatoms. The van der Waals surface area contributed by atoms with Gasteiger partial charge in [-0.05, 0) is 48.9 Å². The van der Waals surface area contributed by atoms with E-state index in [4.69, 9.17) is 11.5 Å². The van der Waals surface area contributed by atoms with Gasteiger partial charge in [-0.15, -0.1) is 0 Å². The number of carbonyl (C=O) groups is 1. The zero-order chi connectivity index (χ0) is 17.0. The second-order valence-corrected chi connectivity index (χ2v) is 7.45. The Morgan fingerprint density at radius 3 is 2.39 bits per heavy atom. The van der Waals surface area contributed by atoms with Gasteiger partial charge >= 0.3 is 0 Å². The maximum absolute atomic E-state index is 12.3. The molecule has 5 N–H and O–H groups in total. The highest BCUT2D eigenvalue weighted by Crippen LogP contribution is 2.19. The standard InChI is InChI=1S/C15H16BrN3O3S/c16-11-3-6-14(18)13(9-11)15(20)19-23(21,22)12-4-1-10(2-5-12)7-8-17/h1-6,9H,7-8,17-18H2,(H,19,20). The fraction of sp³-hybridized carbons (Fsp3) is 0.133. The van der Waals surface area contributed by atoms with E-state index in [0.29, 0.717) is 17.4 Å². The van der Waals surface area contributed by atoms with E-state index >= 15 is 0 Å². The van der Waals surface area contributed by atoms with Crippen molar-refractivity contribution in [3.63, 3.8) is 0 Å². The molecule has 0 spiro atoms. The Morgan fingerprint density at radius 2 is 1.78 bits per heavy atom. The maximum Gasteiger partial charge on any atom is 0.267 e. The lowest BCUT2D eigenvalue weighted by Crippen LogP contribution is -2.31. The van der Waals surface area contributed by atoms with Crippen LogP contribution in [0.1, 0.15) is 15.9 Å². The Kier molecular flexibility index (Phi) is 5.40. The Balaban J connectivity index is 2.23. The van der Waals surface area contributed by atoms with Gasteiger partial charge in [-0.2, -0.15) is 0 Å². The molecule has 0 aliphatic heterocycles. The number of halogens is 1. The molecule has 23 heavy (non-hydrogen) atoms. The first-order valence-corrected chi connectivity index (χ1v) is 9.02. The van der Waals surface area contributed by atoms with Gasteiger partial charge < -0.3 is 11.5 Å². The number of nitrogens with two attached hydrogens (primary N) is 2. The number of rotatable bonds is 5. The summed E-state index contributed by atoms with van der Waals surface area (Å²) in [4.78, 5) is 12.2. The molecule has 2 rings (SSSR count). The first kappa shape index (κ1) is 17.5. The third kappa shape index (κ3) is 4.31. The highest BCUT2D eigenvalue weighted by Gasteiger charge is 2.20. The molecule has 0 saturated carbocycles. The van der Waals surface area contributed by atoms with Crippen LogP contribution in [0.15, 0.2) is 51.8 Å². The molecule has 1 amide bonds. The van der Waals surface area contributed by atoms with Crippen LogP contribution < -0.4 is 16.2 Å². The molecule has 2 aromatic carbocycles. The normalized spacial score (nSPS) is 11.2. The van der Waals surface area contributed by atoms with E-state index in [1.807, 2.05) is 4.72 Å². The molecule has 0 heterocycles. The fourth-order valence-corrected chi connectivity index (χ4v) is 3.29. The number of hydrogen-bond donors (Lipinski definition) is 3. The second-order valence-electron chi connectivity index (χ2n) is 4.85. The summed E-state index contributed by atoms with van der Waals surface area (Å²) < 4.78 is 27.2. The smallest absolute Gasteiger partial charge is 0.267 e. The monoisotopic (exact) mass is 397 g/mol. The lowest BCUT2D eigenvalue weighted by molar-refractivity contribution is 0.0982. The molecule has 0 atom stereocenters. The molecule has 0 aliphatic rings. The molecule has 122 valence electrons. The van der Waals surface area contributed by atoms with Crippen molar-refractivity contribution in [1.82, 2.24) is 4.72 Å². The van der Waals surface area contributed by atoms with E-state index in [0.717, 1.165) is 5.56 Å². The van der Waals surface area contributed by atoms with Crippen LogP contribution in [0.4, 0.5) is 5.69 Å². The number of nitrogen functional groups attached to an aromatic ring is 1. The molecule has 0 unspecified atom stereocenters. The minimum absolute atomic E-state index is 0.000176. The zero-order valence-corrected chi connectivity index (χ0v) is 14.5. The van der Waals surface area contributed by atoms with Crippen LogP contribution in [-0.2, 0) is 16.4 Å². The summed E-state index contributed by atoms with van der Waals surface area (Å²) >= 11 is 3.22. The third-order valence-electron chi connectivity index (χ3n) is 3.15. The lowest BCUT2D eigenvalue weighted by atomic mass is 10.2. The van der Waals surface area contributed by atoms with Gasteiger partial charge in [0.05, 0.1) is 10.5 Å². The van der Waals surface area contributed by atoms with Gasteiger partial charge in [-0.1, -0.05) is 28.1 Å². The van der Waals surface area contributed by atoms with Gasteiger partial charge in [0.25, 0.3) is 15.9 Å². The molecule has 0 bridgehead atoms. The molecular formula is C15H16BrN3O3S. The molecule has 0 radical (unpaired) electrons. The minimum Gasteiger partial charge on any atom is -0.398 e. The van der Waals surface area contributed by atoms with Crippen molar-refractivity contribution in [2.45, 2.75) is 11.3 Å². The largest absolute Gasteiger partial charge is 0.398 e. The number of hydrogen-bond acceptors (Lipinski definition) is 5. The Labute approximate surface area is 143 Å². The van der Waals surface area contributed by atoms with Crippen LogP contribution >= 0.6 is 15.9 Å². The minimum atomic E-state index is -3.97. The van der Waals surface area contributed by atoms with Gasteiger partial charge in [0.2, 0.25) is 0 Å². The number of sulfonamides is 1. The van der Waals surface area contributed by atoms with Crippen molar-refractivity contribution in [2.24, 2.45) is 5.73 Å². The van der Waals surface area contributed by atoms with Crippen molar-refractivity contribution in [3.05, 3.63) is 58.1 Å². The first-order valence-electron chi connectivity index (χ1n) is 6.74. The highest BCUT2D eigenvalue weighted by molar-refractivity contribution is 9.10. The summed E-state index contributed by atoms with van der Waals surface area (Å²) in [7, 11) is -3.97. The van der Waals surface area contributed by atoms with Gasteiger partial charge in [0.15, 0.2) is 0 Å². The quantitative estimate of drug-likeness (QED) is 0.663. The highest BCUT2D eigenvalue weighted by atomic mass is 79.9. The second kappa shape index (κ2) is 7.12. The number of carbonyl (C=O) groups excluding carboxylic acids is 1. The lowest BCUT2D eigenvalue weighted by Gasteiger charge is -2.09. The van der Waals surface area contributed by atoms with Crippen molar-refractivity contribution >= 4 is 37.5 Å². The third-order valence-corrected chi connectivity index (χ3v) is 4.99. The van der Waals surface area contributed by atoms with Crippen molar-refractivity contribution in [3.8, 4) is 0 Å². The van der Waals surface area contributed by atoms with Crippen LogP contribution in [0.3, 0.4) is 0 Å². The van der Waals surface area contributed by atoms with Crippen LogP contribution in [0, 0.1) is 0 Å². The predicted octanol–water partition coefficient (Wildman–Crippen LogP) is 1.65. The van der Waals surface area contributed by atoms with E-state index in [1.165, 1.54) is 24.3 Å². The fourth-order valence-electron chi connectivity index (χ4n) is 1.96. The topological polar surface area (TPSA) is 115 Å². The SMILES string of the molecule is NCCc1ccc(S(=O)(=O)NC(=O)c2cc(Br)ccc2N)cc1. The van der Waals surface area contributed by atoms with Gasteiger partial charge in [0, 0.05) is 10.2 Å². The Bertz CT molecular complexity index is 820.